The molecule has 0 radical (unpaired) electrons. The maximum absolute atomic E-state index is 12.3. The minimum atomic E-state index is -3.80. The number of carbonyl (C=O) groups is 1. The second-order valence-electron chi connectivity index (χ2n) is 4.10. The summed E-state index contributed by atoms with van der Waals surface area (Å²) in [7, 11) is -2.47. The van der Waals surface area contributed by atoms with Gasteiger partial charge in [0.25, 0.3) is 0 Å². The standard InChI is InChI=1S/C11H13BrClNO4S/c1-7(11(15)16)6-14(2)19(17,18)10-4-3-8(12)5-9(10)13/h3-5,7H,6H2,1-2H3,(H,15,16). The predicted molar refractivity (Wildman–Crippen MR) is 75.8 cm³/mol. The Balaban J connectivity index is 3.06. The van der Waals surface area contributed by atoms with Gasteiger partial charge in [-0.15, -0.1) is 0 Å². The first-order valence-electron chi connectivity index (χ1n) is 5.30. The fraction of sp³-hybridized carbons (Fsp3) is 0.364. The van der Waals surface area contributed by atoms with Crippen molar-refractivity contribution in [3.63, 3.8) is 0 Å². The quantitative estimate of drug-likeness (QED) is 0.864. The van der Waals surface area contributed by atoms with Crippen molar-refractivity contribution < 1.29 is 18.3 Å². The van der Waals surface area contributed by atoms with Crippen LogP contribution in [0.4, 0.5) is 0 Å². The Morgan fingerprint density at radius 3 is 2.58 bits per heavy atom. The first kappa shape index (κ1) is 16.4. The maximum Gasteiger partial charge on any atom is 0.307 e. The minimum Gasteiger partial charge on any atom is -0.481 e. The number of hydrogen-bond donors (Lipinski definition) is 1. The van der Waals surface area contributed by atoms with Crippen molar-refractivity contribution >= 4 is 43.5 Å². The van der Waals surface area contributed by atoms with Gasteiger partial charge in [0.15, 0.2) is 0 Å². The van der Waals surface area contributed by atoms with Crippen LogP contribution in [0.15, 0.2) is 27.6 Å². The van der Waals surface area contributed by atoms with Crippen LogP contribution in [0.5, 0.6) is 0 Å². The molecule has 0 aliphatic heterocycles. The number of rotatable bonds is 5. The van der Waals surface area contributed by atoms with E-state index in [1.165, 1.54) is 26.1 Å². The predicted octanol–water partition coefficient (Wildman–Crippen LogP) is 2.44. The summed E-state index contributed by atoms with van der Waals surface area (Å²) in [6, 6.07) is 4.42. The summed E-state index contributed by atoms with van der Waals surface area (Å²) in [4.78, 5) is 10.7. The molecule has 1 aromatic carbocycles. The van der Waals surface area contributed by atoms with Gasteiger partial charge in [0.2, 0.25) is 10.0 Å². The zero-order chi connectivity index (χ0) is 14.8. The Labute approximate surface area is 125 Å². The van der Waals surface area contributed by atoms with E-state index in [1.54, 1.807) is 6.07 Å². The normalized spacial score (nSPS) is 13.5. The molecule has 0 heterocycles. The third-order valence-electron chi connectivity index (χ3n) is 2.53. The average Bonchev–Trinajstić information content (AvgIpc) is 2.27. The number of nitrogens with zero attached hydrogens (tertiary/aromatic N) is 1. The van der Waals surface area contributed by atoms with Crippen LogP contribution in [0.25, 0.3) is 0 Å². The number of carboxylic acid groups (broad SMARTS) is 1. The van der Waals surface area contributed by atoms with Crippen molar-refractivity contribution in [1.29, 1.82) is 0 Å². The van der Waals surface area contributed by atoms with E-state index in [-0.39, 0.29) is 16.5 Å². The van der Waals surface area contributed by atoms with E-state index in [0.29, 0.717) is 4.47 Å². The molecule has 19 heavy (non-hydrogen) atoms. The molecule has 0 saturated heterocycles. The highest BCUT2D eigenvalue weighted by Crippen LogP contribution is 2.27. The zero-order valence-electron chi connectivity index (χ0n) is 10.3. The Hall–Kier alpha value is -0.630. The lowest BCUT2D eigenvalue weighted by molar-refractivity contribution is -0.141. The topological polar surface area (TPSA) is 74.7 Å². The number of aliphatic carboxylic acids is 1. The smallest absolute Gasteiger partial charge is 0.307 e. The summed E-state index contributed by atoms with van der Waals surface area (Å²) in [5.41, 5.74) is 0. The van der Waals surface area contributed by atoms with Crippen molar-refractivity contribution in [1.82, 2.24) is 4.31 Å². The third kappa shape index (κ3) is 3.92. The fourth-order valence-electron chi connectivity index (χ4n) is 1.41. The first-order valence-corrected chi connectivity index (χ1v) is 7.91. The summed E-state index contributed by atoms with van der Waals surface area (Å²) in [5, 5.41) is 8.89. The molecule has 1 aromatic rings. The van der Waals surface area contributed by atoms with Crippen LogP contribution < -0.4 is 0 Å². The summed E-state index contributed by atoms with van der Waals surface area (Å²) in [6.07, 6.45) is 0. The van der Waals surface area contributed by atoms with E-state index >= 15 is 0 Å². The maximum atomic E-state index is 12.3. The van der Waals surface area contributed by atoms with Gasteiger partial charge in [0, 0.05) is 18.1 Å². The molecule has 1 rings (SSSR count). The lowest BCUT2D eigenvalue weighted by Gasteiger charge is -2.19. The zero-order valence-corrected chi connectivity index (χ0v) is 13.5. The Kier molecular flexibility index (Phi) is 5.37. The van der Waals surface area contributed by atoms with Crippen LogP contribution in [0.3, 0.4) is 0 Å². The molecule has 0 fully saturated rings. The molecule has 106 valence electrons. The monoisotopic (exact) mass is 369 g/mol. The Morgan fingerprint density at radius 2 is 2.11 bits per heavy atom. The fourth-order valence-corrected chi connectivity index (χ4v) is 3.68. The van der Waals surface area contributed by atoms with Gasteiger partial charge in [0.1, 0.15) is 4.90 Å². The van der Waals surface area contributed by atoms with E-state index in [0.717, 1.165) is 4.31 Å². The van der Waals surface area contributed by atoms with Crippen molar-refractivity contribution in [3.05, 3.63) is 27.7 Å². The summed E-state index contributed by atoms with van der Waals surface area (Å²) in [5.74, 6) is -1.85. The van der Waals surface area contributed by atoms with Crippen molar-refractivity contribution in [2.75, 3.05) is 13.6 Å². The van der Waals surface area contributed by atoms with Gasteiger partial charge in [-0.1, -0.05) is 34.5 Å². The molecule has 8 heteroatoms. The van der Waals surface area contributed by atoms with Gasteiger partial charge in [0.05, 0.1) is 10.9 Å². The van der Waals surface area contributed by atoms with Gasteiger partial charge in [-0.2, -0.15) is 0 Å². The van der Waals surface area contributed by atoms with E-state index in [4.69, 9.17) is 16.7 Å². The van der Waals surface area contributed by atoms with E-state index in [2.05, 4.69) is 15.9 Å². The van der Waals surface area contributed by atoms with E-state index in [9.17, 15) is 13.2 Å². The van der Waals surface area contributed by atoms with Gasteiger partial charge in [-0.3, -0.25) is 4.79 Å². The van der Waals surface area contributed by atoms with Crippen LogP contribution >= 0.6 is 27.5 Å². The second kappa shape index (κ2) is 6.21. The SMILES string of the molecule is CC(CN(C)S(=O)(=O)c1ccc(Br)cc1Cl)C(=O)O. The molecule has 0 amide bonds. The Bertz CT molecular complexity index is 590. The van der Waals surface area contributed by atoms with Crippen LogP contribution in [0, 0.1) is 5.92 Å². The van der Waals surface area contributed by atoms with Crippen LogP contribution in [-0.4, -0.2) is 37.4 Å². The molecule has 1 atom stereocenters. The van der Waals surface area contributed by atoms with Crippen LogP contribution in [0.1, 0.15) is 6.92 Å². The molecule has 0 spiro atoms. The third-order valence-corrected chi connectivity index (χ3v) is 5.33. The van der Waals surface area contributed by atoms with Crippen LogP contribution in [0.2, 0.25) is 5.02 Å². The van der Waals surface area contributed by atoms with Crippen molar-refractivity contribution in [3.8, 4) is 0 Å². The first-order chi connectivity index (χ1) is 8.66. The highest BCUT2D eigenvalue weighted by atomic mass is 79.9. The van der Waals surface area contributed by atoms with Gasteiger partial charge in [-0.05, 0) is 18.2 Å². The van der Waals surface area contributed by atoms with Crippen molar-refractivity contribution in [2.24, 2.45) is 5.92 Å². The molecule has 1 unspecified atom stereocenters. The minimum absolute atomic E-state index is 0.0440. The summed E-state index contributed by atoms with van der Waals surface area (Å²) < 4.78 is 26.2. The largest absolute Gasteiger partial charge is 0.481 e. The number of halogens is 2. The van der Waals surface area contributed by atoms with Gasteiger partial charge >= 0.3 is 5.97 Å². The summed E-state index contributed by atoms with van der Waals surface area (Å²) >= 11 is 9.09. The molecule has 0 saturated carbocycles. The van der Waals surface area contributed by atoms with Gasteiger partial charge in [-0.25, -0.2) is 12.7 Å². The van der Waals surface area contributed by atoms with Crippen molar-refractivity contribution in [2.45, 2.75) is 11.8 Å². The molecule has 5 nitrogen and oxygen atoms in total. The number of carboxylic acids is 1. The van der Waals surface area contributed by atoms with E-state index in [1.807, 2.05) is 0 Å². The molecule has 1 N–H and O–H groups in total. The second-order valence-corrected chi connectivity index (χ2v) is 7.44. The van der Waals surface area contributed by atoms with E-state index < -0.39 is 21.9 Å². The number of benzene rings is 1. The van der Waals surface area contributed by atoms with Crippen LogP contribution in [-0.2, 0) is 14.8 Å². The lowest BCUT2D eigenvalue weighted by atomic mass is 10.2. The molecule has 0 bridgehead atoms. The highest BCUT2D eigenvalue weighted by Gasteiger charge is 2.26. The number of hydrogen-bond acceptors (Lipinski definition) is 3. The molecule has 0 aliphatic rings. The highest BCUT2D eigenvalue weighted by molar-refractivity contribution is 9.10. The lowest BCUT2D eigenvalue weighted by Crippen LogP contribution is -2.33. The summed E-state index contributed by atoms with van der Waals surface area (Å²) in [6.45, 7) is 1.32. The Morgan fingerprint density at radius 1 is 1.53 bits per heavy atom. The average molecular weight is 371 g/mol. The van der Waals surface area contributed by atoms with Gasteiger partial charge < -0.3 is 5.11 Å². The number of sulfonamides is 1. The molecular weight excluding hydrogens is 358 g/mol. The molecule has 0 aliphatic carbocycles. The molecule has 0 aromatic heterocycles. The molecular formula is C11H13BrClNO4S.